The van der Waals surface area contributed by atoms with E-state index in [1.54, 1.807) is 0 Å². The zero-order chi connectivity index (χ0) is 13.2. The van der Waals surface area contributed by atoms with Crippen LogP contribution in [-0.4, -0.2) is 28.6 Å². The number of allylic oxidation sites excluding steroid dienone is 1. The normalized spacial score (nSPS) is 22.9. The minimum absolute atomic E-state index is 0.576. The molecular formula is C7H6ClN3O6. The third-order valence-corrected chi connectivity index (χ3v) is 2.28. The lowest BCUT2D eigenvalue weighted by Crippen LogP contribution is -2.57. The van der Waals surface area contributed by atoms with Crippen molar-refractivity contribution in [2.24, 2.45) is 0 Å². The fourth-order valence-corrected chi connectivity index (χ4v) is 1.42. The second kappa shape index (κ2) is 4.37. The van der Waals surface area contributed by atoms with Crippen molar-refractivity contribution >= 4 is 17.6 Å². The number of methoxy groups -OCH3 is 1. The van der Waals surface area contributed by atoms with Crippen molar-refractivity contribution in [2.75, 3.05) is 7.11 Å². The molecule has 17 heavy (non-hydrogen) atoms. The molecule has 1 heterocycles. The monoisotopic (exact) mass is 263 g/mol. The highest BCUT2D eigenvalue weighted by Gasteiger charge is 2.53. The molecule has 0 fully saturated rings. The van der Waals surface area contributed by atoms with Gasteiger partial charge in [0.1, 0.15) is 0 Å². The van der Waals surface area contributed by atoms with Crippen molar-refractivity contribution in [3.05, 3.63) is 43.2 Å². The summed E-state index contributed by atoms with van der Waals surface area (Å²) >= 11 is 5.47. The molecule has 1 aliphatic rings. The van der Waals surface area contributed by atoms with Crippen molar-refractivity contribution in [2.45, 2.75) is 5.66 Å². The highest BCUT2D eigenvalue weighted by Crippen LogP contribution is 2.23. The Kier molecular flexibility index (Phi) is 3.32. The Morgan fingerprint density at radius 1 is 1.53 bits per heavy atom. The van der Waals surface area contributed by atoms with Gasteiger partial charge in [0, 0.05) is 12.2 Å². The maximum absolute atomic E-state index is 11.3. The molecule has 0 spiro atoms. The zero-order valence-electron chi connectivity index (χ0n) is 8.38. The first-order chi connectivity index (χ1) is 7.85. The number of carbonyl (C=O) groups is 1. The molecule has 1 atom stereocenters. The van der Waals surface area contributed by atoms with E-state index in [9.17, 15) is 25.0 Å². The predicted octanol–water partition coefficient (Wildman–Crippen LogP) is -0.0236. The van der Waals surface area contributed by atoms with Crippen molar-refractivity contribution < 1.29 is 19.4 Å². The number of hydrogen-bond donors (Lipinski definition) is 1. The molecule has 1 aliphatic heterocycles. The SMILES string of the molecule is COC(=O)C1([N+](=O)[O-])C=CC([N+](=O)[O-])=C(Cl)N1. The Morgan fingerprint density at radius 3 is 2.47 bits per heavy atom. The van der Waals surface area contributed by atoms with E-state index in [1.807, 2.05) is 5.32 Å². The summed E-state index contributed by atoms with van der Waals surface area (Å²) in [5, 5.41) is 22.7. The molecule has 0 saturated heterocycles. The van der Waals surface area contributed by atoms with Gasteiger partial charge in [-0.3, -0.25) is 25.5 Å². The molecule has 0 aromatic heterocycles. The second-order valence-electron chi connectivity index (χ2n) is 2.93. The number of ether oxygens (including phenoxy) is 1. The third-order valence-electron chi connectivity index (χ3n) is 1.99. The molecule has 0 saturated carbocycles. The van der Waals surface area contributed by atoms with Crippen LogP contribution in [0, 0.1) is 20.2 Å². The smallest absolute Gasteiger partial charge is 0.411 e. The van der Waals surface area contributed by atoms with Crippen LogP contribution in [0.3, 0.4) is 0 Å². The molecule has 0 amide bonds. The zero-order valence-corrected chi connectivity index (χ0v) is 9.13. The molecule has 0 aromatic rings. The van der Waals surface area contributed by atoms with Crippen LogP contribution in [0.5, 0.6) is 0 Å². The largest absolute Gasteiger partial charge is 0.462 e. The summed E-state index contributed by atoms with van der Waals surface area (Å²) in [6.45, 7) is 0. The number of nitrogens with zero attached hydrogens (tertiary/aromatic N) is 2. The Bertz CT molecular complexity index is 459. The lowest BCUT2D eigenvalue weighted by Gasteiger charge is -2.22. The van der Waals surface area contributed by atoms with Gasteiger partial charge in [-0.1, -0.05) is 11.6 Å². The minimum Gasteiger partial charge on any atom is -0.462 e. The standard InChI is InChI=1S/C7H6ClN3O6/c1-17-6(12)7(11(15)16)3-2-4(10(13)14)5(8)9-7/h2-3,9H,1H3. The maximum atomic E-state index is 11.3. The van der Waals surface area contributed by atoms with Gasteiger partial charge in [0.25, 0.3) is 0 Å². The molecule has 0 aliphatic carbocycles. The van der Waals surface area contributed by atoms with Crippen LogP contribution in [0.1, 0.15) is 0 Å². The van der Waals surface area contributed by atoms with Gasteiger partial charge in [0.15, 0.2) is 5.16 Å². The number of hydrogen-bond acceptors (Lipinski definition) is 7. The van der Waals surface area contributed by atoms with Crippen molar-refractivity contribution in [1.82, 2.24) is 5.32 Å². The number of carbonyl (C=O) groups excluding carboxylic acids is 1. The number of halogens is 1. The average Bonchev–Trinajstić information content (AvgIpc) is 2.26. The summed E-state index contributed by atoms with van der Waals surface area (Å²) in [6, 6.07) is 0. The van der Waals surface area contributed by atoms with Crippen LogP contribution in [0.15, 0.2) is 23.0 Å². The lowest BCUT2D eigenvalue weighted by molar-refractivity contribution is -0.547. The van der Waals surface area contributed by atoms with Gasteiger partial charge >= 0.3 is 17.3 Å². The van der Waals surface area contributed by atoms with Crippen molar-refractivity contribution in [1.29, 1.82) is 0 Å². The van der Waals surface area contributed by atoms with Gasteiger partial charge in [-0.15, -0.1) is 0 Å². The second-order valence-corrected chi connectivity index (χ2v) is 3.31. The summed E-state index contributed by atoms with van der Waals surface area (Å²) in [5.74, 6) is -1.24. The summed E-state index contributed by atoms with van der Waals surface area (Å²) < 4.78 is 4.25. The van der Waals surface area contributed by atoms with Crippen LogP contribution < -0.4 is 5.32 Å². The number of esters is 1. The number of nitro groups is 2. The molecule has 92 valence electrons. The van der Waals surface area contributed by atoms with E-state index < -0.39 is 32.3 Å². The van der Waals surface area contributed by atoms with Gasteiger partial charge in [0.05, 0.1) is 17.0 Å². The fraction of sp³-hybridized carbons (Fsp3) is 0.286. The Labute approximate surface area is 99.0 Å². The molecule has 1 N–H and O–H groups in total. The number of rotatable bonds is 3. The molecule has 10 heteroatoms. The topological polar surface area (TPSA) is 125 Å². The summed E-state index contributed by atoms with van der Waals surface area (Å²) in [7, 11) is 0.948. The average molecular weight is 264 g/mol. The third kappa shape index (κ3) is 2.04. The summed E-state index contributed by atoms with van der Waals surface area (Å²) in [5.41, 5.74) is -3.02. The first-order valence-corrected chi connectivity index (χ1v) is 4.47. The van der Waals surface area contributed by atoms with E-state index in [-0.39, 0.29) is 0 Å². The summed E-state index contributed by atoms with van der Waals surface area (Å²) in [6.07, 6.45) is 1.49. The molecular weight excluding hydrogens is 258 g/mol. The summed E-state index contributed by atoms with van der Waals surface area (Å²) in [4.78, 5) is 30.8. The van der Waals surface area contributed by atoms with Gasteiger partial charge in [-0.2, -0.15) is 0 Å². The fourth-order valence-electron chi connectivity index (χ4n) is 1.14. The number of nitrogens with one attached hydrogen (secondary N) is 1. The van der Waals surface area contributed by atoms with E-state index in [0.717, 1.165) is 13.2 Å². The van der Waals surface area contributed by atoms with Crippen molar-refractivity contribution in [3.8, 4) is 0 Å². The molecule has 0 radical (unpaired) electrons. The van der Waals surface area contributed by atoms with E-state index in [4.69, 9.17) is 11.6 Å². The Balaban J connectivity index is 3.21. The molecule has 0 bridgehead atoms. The van der Waals surface area contributed by atoms with Crippen LogP contribution >= 0.6 is 11.6 Å². The van der Waals surface area contributed by atoms with Gasteiger partial charge in [0.2, 0.25) is 0 Å². The van der Waals surface area contributed by atoms with E-state index in [0.29, 0.717) is 6.08 Å². The highest BCUT2D eigenvalue weighted by molar-refractivity contribution is 6.30. The minimum atomic E-state index is -2.44. The Hall–Kier alpha value is -2.16. The van der Waals surface area contributed by atoms with E-state index >= 15 is 0 Å². The maximum Gasteiger partial charge on any atom is 0.411 e. The molecule has 1 unspecified atom stereocenters. The molecule has 0 aromatic carbocycles. The first kappa shape index (κ1) is 12.9. The van der Waals surface area contributed by atoms with E-state index in [1.165, 1.54) is 0 Å². The van der Waals surface area contributed by atoms with Crippen LogP contribution in [0.2, 0.25) is 0 Å². The van der Waals surface area contributed by atoms with Crippen LogP contribution in [0.4, 0.5) is 0 Å². The van der Waals surface area contributed by atoms with Crippen LogP contribution in [-0.2, 0) is 9.53 Å². The quantitative estimate of drug-likeness (QED) is 0.328. The first-order valence-electron chi connectivity index (χ1n) is 4.09. The van der Waals surface area contributed by atoms with E-state index in [2.05, 4.69) is 4.74 Å². The highest BCUT2D eigenvalue weighted by atomic mass is 35.5. The van der Waals surface area contributed by atoms with Crippen LogP contribution in [0.25, 0.3) is 0 Å². The predicted molar refractivity (Wildman–Crippen MR) is 53.9 cm³/mol. The molecule has 1 rings (SSSR count). The lowest BCUT2D eigenvalue weighted by atomic mass is 10.1. The molecule has 9 nitrogen and oxygen atoms in total. The Morgan fingerprint density at radius 2 is 2.12 bits per heavy atom. The van der Waals surface area contributed by atoms with Gasteiger partial charge in [-0.25, -0.2) is 4.79 Å². The van der Waals surface area contributed by atoms with Gasteiger partial charge < -0.3 is 4.74 Å². The van der Waals surface area contributed by atoms with Crippen molar-refractivity contribution in [3.63, 3.8) is 0 Å². The number of dihydropyridines is 1. The van der Waals surface area contributed by atoms with Gasteiger partial charge in [-0.05, 0) is 0 Å².